The molecule has 1 aliphatic heterocycles. The number of ether oxygens (including phenoxy) is 1. The Labute approximate surface area is 170 Å². The summed E-state index contributed by atoms with van der Waals surface area (Å²) in [5.41, 5.74) is 0.860. The maximum atomic E-state index is 12.9. The van der Waals surface area contributed by atoms with Gasteiger partial charge in [0.15, 0.2) is 5.78 Å². The first-order chi connectivity index (χ1) is 14.0. The van der Waals surface area contributed by atoms with Crippen molar-refractivity contribution in [2.24, 2.45) is 11.8 Å². The topological polar surface area (TPSA) is 102 Å². The molecule has 0 bridgehead atoms. The van der Waals surface area contributed by atoms with Crippen LogP contribution in [-0.2, 0) is 25.7 Å². The highest BCUT2D eigenvalue weighted by Crippen LogP contribution is 2.34. The molecular formula is C22H28N2O5. The molecule has 2 atom stereocenters. The minimum Gasteiger partial charge on any atom is -0.445 e. The second kappa shape index (κ2) is 10.2. The van der Waals surface area contributed by atoms with Gasteiger partial charge in [0.1, 0.15) is 6.61 Å². The first-order valence-electron chi connectivity index (χ1n) is 10.3. The normalized spacial score (nSPS) is 20.8. The Morgan fingerprint density at radius 1 is 1.10 bits per heavy atom. The number of carbonyl (C=O) groups excluding carboxylic acids is 4. The Hall–Kier alpha value is -2.70. The second-order valence-corrected chi connectivity index (χ2v) is 7.92. The number of nitrogens with one attached hydrogen (secondary N) is 2. The first kappa shape index (κ1) is 21.0. The van der Waals surface area contributed by atoms with Gasteiger partial charge in [-0.2, -0.15) is 0 Å². The Balaban J connectivity index is 1.56. The number of Topliss-reactive ketones (excluding diaryl/α,β-unsaturated/α-hetero) is 2. The molecule has 1 heterocycles. The van der Waals surface area contributed by atoms with Crippen LogP contribution >= 0.6 is 0 Å². The van der Waals surface area contributed by atoms with Gasteiger partial charge >= 0.3 is 6.09 Å². The zero-order valence-corrected chi connectivity index (χ0v) is 16.5. The fraction of sp³-hybridized carbons (Fsp3) is 0.545. The van der Waals surface area contributed by atoms with Gasteiger partial charge in [-0.05, 0) is 30.7 Å². The molecule has 0 aromatic heterocycles. The standard InChI is InChI=1S/C22H28N2O5/c25-19(13-17-8-4-5-11-23-21(27)20(17)26)18(12-15-9-10-15)24-22(28)29-14-16-6-2-1-3-7-16/h1-3,6-7,15,17-18H,4-5,8-14H2,(H,23,27)(H,24,28). The molecular weight excluding hydrogens is 372 g/mol. The predicted molar refractivity (Wildman–Crippen MR) is 106 cm³/mol. The van der Waals surface area contributed by atoms with Crippen LogP contribution in [0.1, 0.15) is 50.5 Å². The van der Waals surface area contributed by atoms with Gasteiger partial charge < -0.3 is 15.4 Å². The van der Waals surface area contributed by atoms with E-state index in [9.17, 15) is 19.2 Å². The largest absolute Gasteiger partial charge is 0.445 e. The summed E-state index contributed by atoms with van der Waals surface area (Å²) in [6.07, 6.45) is 4.05. The van der Waals surface area contributed by atoms with E-state index in [-0.39, 0.29) is 18.8 Å². The fourth-order valence-corrected chi connectivity index (χ4v) is 3.57. The van der Waals surface area contributed by atoms with Crippen LogP contribution in [0.5, 0.6) is 0 Å². The van der Waals surface area contributed by atoms with Gasteiger partial charge in [0, 0.05) is 18.9 Å². The molecule has 0 spiro atoms. The number of carbonyl (C=O) groups is 4. The van der Waals surface area contributed by atoms with Gasteiger partial charge in [0.05, 0.1) is 6.04 Å². The van der Waals surface area contributed by atoms with Crippen molar-refractivity contribution in [3.05, 3.63) is 35.9 Å². The number of hydrogen-bond donors (Lipinski definition) is 2. The van der Waals surface area contributed by atoms with E-state index in [1.54, 1.807) is 0 Å². The molecule has 156 valence electrons. The third-order valence-electron chi connectivity index (χ3n) is 5.47. The average Bonchev–Trinajstić information content (AvgIpc) is 3.54. The number of amides is 2. The highest BCUT2D eigenvalue weighted by Gasteiger charge is 2.34. The van der Waals surface area contributed by atoms with Crippen LogP contribution in [0, 0.1) is 11.8 Å². The summed E-state index contributed by atoms with van der Waals surface area (Å²) in [4.78, 5) is 49.3. The summed E-state index contributed by atoms with van der Waals surface area (Å²) in [5.74, 6) is -1.56. The molecule has 2 aliphatic rings. The molecule has 29 heavy (non-hydrogen) atoms. The van der Waals surface area contributed by atoms with Crippen molar-refractivity contribution in [3.63, 3.8) is 0 Å². The van der Waals surface area contributed by atoms with E-state index in [2.05, 4.69) is 10.6 Å². The molecule has 1 saturated heterocycles. The van der Waals surface area contributed by atoms with Crippen LogP contribution in [-0.4, -0.2) is 36.2 Å². The van der Waals surface area contributed by atoms with Crippen molar-refractivity contribution in [2.75, 3.05) is 6.54 Å². The summed E-state index contributed by atoms with van der Waals surface area (Å²) in [6, 6.07) is 8.62. The minimum atomic E-state index is -0.688. The fourth-order valence-electron chi connectivity index (χ4n) is 3.57. The van der Waals surface area contributed by atoms with Crippen molar-refractivity contribution < 1.29 is 23.9 Å². The SMILES string of the molecule is O=C(NC(CC1CC1)C(=O)CC1CCCCNC(=O)C1=O)OCc1ccccc1. The molecule has 2 fully saturated rings. The van der Waals surface area contributed by atoms with Gasteiger partial charge in [-0.1, -0.05) is 49.6 Å². The van der Waals surface area contributed by atoms with Crippen LogP contribution in [0.4, 0.5) is 4.79 Å². The van der Waals surface area contributed by atoms with E-state index in [1.807, 2.05) is 30.3 Å². The van der Waals surface area contributed by atoms with Gasteiger partial charge in [-0.25, -0.2) is 4.79 Å². The number of benzene rings is 1. The quantitative estimate of drug-likeness (QED) is 0.653. The average molecular weight is 400 g/mol. The van der Waals surface area contributed by atoms with Crippen molar-refractivity contribution in [1.29, 1.82) is 0 Å². The molecule has 7 nitrogen and oxygen atoms in total. The summed E-state index contributed by atoms with van der Waals surface area (Å²) >= 11 is 0. The maximum Gasteiger partial charge on any atom is 0.408 e. The lowest BCUT2D eigenvalue weighted by Crippen LogP contribution is -2.44. The molecule has 1 saturated carbocycles. The van der Waals surface area contributed by atoms with Crippen LogP contribution in [0.2, 0.25) is 0 Å². The van der Waals surface area contributed by atoms with Crippen LogP contribution in [0.25, 0.3) is 0 Å². The van der Waals surface area contributed by atoms with E-state index < -0.39 is 29.7 Å². The molecule has 2 amide bonds. The zero-order valence-electron chi connectivity index (χ0n) is 16.5. The molecule has 1 aromatic rings. The molecule has 1 aliphatic carbocycles. The maximum absolute atomic E-state index is 12.9. The molecule has 2 N–H and O–H groups in total. The number of hydrogen-bond acceptors (Lipinski definition) is 5. The van der Waals surface area contributed by atoms with E-state index in [1.165, 1.54) is 0 Å². The molecule has 7 heteroatoms. The second-order valence-electron chi connectivity index (χ2n) is 7.92. The Bertz CT molecular complexity index is 745. The zero-order chi connectivity index (χ0) is 20.6. The predicted octanol–water partition coefficient (Wildman–Crippen LogP) is 2.53. The lowest BCUT2D eigenvalue weighted by molar-refractivity contribution is -0.141. The monoisotopic (exact) mass is 400 g/mol. The first-order valence-corrected chi connectivity index (χ1v) is 10.3. The highest BCUT2D eigenvalue weighted by atomic mass is 16.5. The lowest BCUT2D eigenvalue weighted by atomic mass is 9.87. The van der Waals surface area contributed by atoms with Crippen LogP contribution < -0.4 is 10.6 Å². The number of ketones is 2. The summed E-state index contributed by atoms with van der Waals surface area (Å²) in [7, 11) is 0. The van der Waals surface area contributed by atoms with Crippen LogP contribution in [0.3, 0.4) is 0 Å². The van der Waals surface area contributed by atoms with Crippen LogP contribution in [0.15, 0.2) is 30.3 Å². The lowest BCUT2D eigenvalue weighted by Gasteiger charge is -2.22. The van der Waals surface area contributed by atoms with Gasteiger partial charge in [0.2, 0.25) is 5.78 Å². The molecule has 2 unspecified atom stereocenters. The molecule has 1 aromatic carbocycles. The molecule has 0 radical (unpaired) electrons. The highest BCUT2D eigenvalue weighted by molar-refractivity contribution is 6.37. The van der Waals surface area contributed by atoms with Crippen molar-refractivity contribution >= 4 is 23.6 Å². The van der Waals surface area contributed by atoms with Gasteiger partial charge in [0.25, 0.3) is 5.91 Å². The third-order valence-corrected chi connectivity index (χ3v) is 5.47. The number of alkyl carbamates (subject to hydrolysis) is 1. The smallest absolute Gasteiger partial charge is 0.408 e. The van der Waals surface area contributed by atoms with Crippen molar-refractivity contribution in [3.8, 4) is 0 Å². The van der Waals surface area contributed by atoms with E-state index in [4.69, 9.17) is 4.74 Å². The Kier molecular flexibility index (Phi) is 7.38. The van der Waals surface area contributed by atoms with Gasteiger partial charge in [-0.3, -0.25) is 14.4 Å². The Morgan fingerprint density at radius 3 is 2.59 bits per heavy atom. The number of rotatable bonds is 8. The Morgan fingerprint density at radius 2 is 1.86 bits per heavy atom. The third kappa shape index (κ3) is 6.69. The van der Waals surface area contributed by atoms with Crippen molar-refractivity contribution in [2.45, 2.75) is 57.6 Å². The van der Waals surface area contributed by atoms with E-state index in [0.717, 1.165) is 31.2 Å². The minimum absolute atomic E-state index is 0.0252. The van der Waals surface area contributed by atoms with E-state index >= 15 is 0 Å². The summed E-state index contributed by atoms with van der Waals surface area (Å²) in [5, 5.41) is 5.26. The van der Waals surface area contributed by atoms with Gasteiger partial charge in [-0.15, -0.1) is 0 Å². The van der Waals surface area contributed by atoms with E-state index in [0.29, 0.717) is 25.3 Å². The molecule has 3 rings (SSSR count). The summed E-state index contributed by atoms with van der Waals surface area (Å²) in [6.45, 7) is 0.614. The summed E-state index contributed by atoms with van der Waals surface area (Å²) < 4.78 is 5.24. The van der Waals surface area contributed by atoms with Crippen molar-refractivity contribution in [1.82, 2.24) is 10.6 Å².